The van der Waals surface area contributed by atoms with E-state index >= 15 is 0 Å². The van der Waals surface area contributed by atoms with Crippen LogP contribution in [-0.4, -0.2) is 27.4 Å². The zero-order chi connectivity index (χ0) is 17.6. The Morgan fingerprint density at radius 3 is 2.60 bits per heavy atom. The molecule has 0 bridgehead atoms. The maximum absolute atomic E-state index is 12.5. The molecule has 126 valence electrons. The summed E-state index contributed by atoms with van der Waals surface area (Å²) in [6.45, 7) is 2.44. The predicted octanol–water partition coefficient (Wildman–Crippen LogP) is 3.73. The summed E-state index contributed by atoms with van der Waals surface area (Å²) < 4.78 is 0. The Morgan fingerprint density at radius 1 is 1.12 bits per heavy atom. The Labute approximate surface area is 151 Å². The fourth-order valence-electron chi connectivity index (χ4n) is 2.35. The van der Waals surface area contributed by atoms with Crippen LogP contribution in [0.3, 0.4) is 0 Å². The highest BCUT2D eigenvalue weighted by Gasteiger charge is 2.16. The topological polar surface area (TPSA) is 67.8 Å². The summed E-state index contributed by atoms with van der Waals surface area (Å²) in [6.07, 6.45) is 3.19. The lowest BCUT2D eigenvalue weighted by Gasteiger charge is -2.12. The first-order valence-corrected chi connectivity index (χ1v) is 8.30. The molecule has 5 nitrogen and oxygen atoms in total. The van der Waals surface area contributed by atoms with Gasteiger partial charge in [0.25, 0.3) is 5.91 Å². The molecule has 1 unspecified atom stereocenters. The molecule has 0 saturated heterocycles. The van der Waals surface area contributed by atoms with Crippen molar-refractivity contribution in [1.29, 1.82) is 0 Å². The van der Waals surface area contributed by atoms with Crippen LogP contribution in [0.25, 0.3) is 11.4 Å². The maximum atomic E-state index is 12.5. The van der Waals surface area contributed by atoms with Crippen LogP contribution >= 0.6 is 11.6 Å². The van der Waals surface area contributed by atoms with Crippen molar-refractivity contribution in [3.63, 3.8) is 0 Å². The zero-order valence-electron chi connectivity index (χ0n) is 13.7. The van der Waals surface area contributed by atoms with Crippen LogP contribution in [0.15, 0.2) is 60.9 Å². The number of benzene rings is 1. The fourth-order valence-corrected chi connectivity index (χ4v) is 2.53. The third kappa shape index (κ3) is 4.19. The largest absolute Gasteiger partial charge is 0.350 e. The van der Waals surface area contributed by atoms with Gasteiger partial charge in [-0.2, -0.15) is 0 Å². The predicted molar refractivity (Wildman–Crippen MR) is 97.5 cm³/mol. The van der Waals surface area contributed by atoms with Crippen LogP contribution in [0.4, 0.5) is 0 Å². The summed E-state index contributed by atoms with van der Waals surface area (Å²) in [5, 5.41) is 3.09. The second-order valence-electron chi connectivity index (χ2n) is 5.62. The molecule has 3 rings (SSSR count). The first-order chi connectivity index (χ1) is 12.1. The van der Waals surface area contributed by atoms with E-state index in [9.17, 15) is 4.79 Å². The lowest BCUT2D eigenvalue weighted by molar-refractivity contribution is 0.0946. The van der Waals surface area contributed by atoms with Gasteiger partial charge in [-0.05, 0) is 12.1 Å². The van der Waals surface area contributed by atoms with Crippen molar-refractivity contribution in [2.75, 3.05) is 6.54 Å². The van der Waals surface area contributed by atoms with E-state index in [-0.39, 0.29) is 22.5 Å². The Bertz CT molecular complexity index is 856. The smallest absolute Gasteiger partial charge is 0.271 e. The van der Waals surface area contributed by atoms with Crippen LogP contribution in [0, 0.1) is 0 Å². The molecule has 0 aliphatic heterocycles. The number of nitrogens with zero attached hydrogens (tertiary/aromatic N) is 3. The molecule has 0 fully saturated rings. The van der Waals surface area contributed by atoms with Gasteiger partial charge in [0.05, 0.1) is 11.2 Å². The van der Waals surface area contributed by atoms with Crippen molar-refractivity contribution < 1.29 is 4.79 Å². The Balaban J connectivity index is 1.74. The van der Waals surface area contributed by atoms with E-state index < -0.39 is 0 Å². The molecule has 6 heteroatoms. The van der Waals surface area contributed by atoms with Crippen LogP contribution in [0.2, 0.25) is 5.02 Å². The van der Waals surface area contributed by atoms with E-state index in [1.807, 2.05) is 55.5 Å². The van der Waals surface area contributed by atoms with Gasteiger partial charge in [0.15, 0.2) is 11.5 Å². The minimum atomic E-state index is -0.327. The molecule has 0 aliphatic carbocycles. The van der Waals surface area contributed by atoms with Crippen LogP contribution < -0.4 is 5.32 Å². The molecule has 1 aromatic carbocycles. The number of halogens is 1. The quantitative estimate of drug-likeness (QED) is 0.759. The standard InChI is InChI=1S/C19H17ClN4O/c1-13(16-9-5-6-10-21-16)11-23-19(25)17-15(20)12-22-18(24-17)14-7-3-2-4-8-14/h2-10,12-13H,11H2,1H3,(H,23,25). The van der Waals surface area contributed by atoms with Gasteiger partial charge >= 0.3 is 0 Å². The fraction of sp³-hybridized carbons (Fsp3) is 0.158. The highest BCUT2D eigenvalue weighted by Crippen LogP contribution is 2.19. The van der Waals surface area contributed by atoms with Gasteiger partial charge in [0.2, 0.25) is 0 Å². The van der Waals surface area contributed by atoms with Gasteiger partial charge < -0.3 is 5.32 Å². The van der Waals surface area contributed by atoms with Gasteiger partial charge in [0.1, 0.15) is 0 Å². The first-order valence-electron chi connectivity index (χ1n) is 7.92. The molecule has 0 saturated carbocycles. The van der Waals surface area contributed by atoms with E-state index in [4.69, 9.17) is 11.6 Å². The number of nitrogens with one attached hydrogen (secondary N) is 1. The molecule has 0 aliphatic rings. The van der Waals surface area contributed by atoms with Crippen LogP contribution in [-0.2, 0) is 0 Å². The second-order valence-corrected chi connectivity index (χ2v) is 6.03. The van der Waals surface area contributed by atoms with Crippen LogP contribution in [0.5, 0.6) is 0 Å². The number of hydrogen-bond donors (Lipinski definition) is 1. The number of aromatic nitrogens is 3. The van der Waals surface area contributed by atoms with Gasteiger partial charge in [-0.25, -0.2) is 9.97 Å². The SMILES string of the molecule is CC(CNC(=O)c1nc(-c2ccccc2)ncc1Cl)c1ccccn1. The number of amides is 1. The number of pyridine rings is 1. The third-order valence-corrected chi connectivity index (χ3v) is 4.03. The molecule has 1 amide bonds. The molecular weight excluding hydrogens is 336 g/mol. The highest BCUT2D eigenvalue weighted by molar-refractivity contribution is 6.33. The molecular formula is C19H17ClN4O. The normalized spacial score (nSPS) is 11.8. The van der Waals surface area contributed by atoms with E-state index in [1.54, 1.807) is 6.20 Å². The second kappa shape index (κ2) is 7.85. The van der Waals surface area contributed by atoms with Gasteiger partial charge in [-0.15, -0.1) is 0 Å². The number of carbonyl (C=O) groups excluding carboxylic acids is 1. The highest BCUT2D eigenvalue weighted by atomic mass is 35.5. The molecule has 2 aromatic heterocycles. The zero-order valence-corrected chi connectivity index (χ0v) is 14.4. The number of carbonyl (C=O) groups is 1. The average molecular weight is 353 g/mol. The van der Waals surface area contributed by atoms with Crippen molar-refractivity contribution in [2.45, 2.75) is 12.8 Å². The maximum Gasteiger partial charge on any atom is 0.271 e. The lowest BCUT2D eigenvalue weighted by Crippen LogP contribution is -2.29. The van der Waals surface area contributed by atoms with Crippen molar-refractivity contribution in [3.05, 3.63) is 77.3 Å². The average Bonchev–Trinajstić information content (AvgIpc) is 2.67. The van der Waals surface area contributed by atoms with Crippen molar-refractivity contribution >= 4 is 17.5 Å². The van der Waals surface area contributed by atoms with E-state index in [0.29, 0.717) is 12.4 Å². The molecule has 1 N–H and O–H groups in total. The van der Waals surface area contributed by atoms with E-state index in [0.717, 1.165) is 11.3 Å². The van der Waals surface area contributed by atoms with Gasteiger partial charge in [0, 0.05) is 29.9 Å². The van der Waals surface area contributed by atoms with Gasteiger partial charge in [-0.3, -0.25) is 9.78 Å². The molecule has 3 aromatic rings. The lowest BCUT2D eigenvalue weighted by atomic mass is 10.1. The molecule has 1 atom stereocenters. The Kier molecular flexibility index (Phi) is 5.36. The van der Waals surface area contributed by atoms with Crippen molar-refractivity contribution in [3.8, 4) is 11.4 Å². The minimum absolute atomic E-state index is 0.0827. The molecule has 0 radical (unpaired) electrons. The minimum Gasteiger partial charge on any atom is -0.350 e. The number of hydrogen-bond acceptors (Lipinski definition) is 4. The summed E-state index contributed by atoms with van der Waals surface area (Å²) in [4.78, 5) is 25.3. The summed E-state index contributed by atoms with van der Waals surface area (Å²) in [6, 6.07) is 15.2. The summed E-state index contributed by atoms with van der Waals surface area (Å²) in [5.41, 5.74) is 1.92. The van der Waals surface area contributed by atoms with Crippen molar-refractivity contribution in [2.24, 2.45) is 0 Å². The first kappa shape index (κ1) is 17.0. The van der Waals surface area contributed by atoms with E-state index in [1.165, 1.54) is 6.20 Å². The third-order valence-electron chi connectivity index (χ3n) is 3.75. The summed E-state index contributed by atoms with van der Waals surface area (Å²) >= 11 is 6.11. The Morgan fingerprint density at radius 2 is 1.88 bits per heavy atom. The Hall–Kier alpha value is -2.79. The number of rotatable bonds is 5. The van der Waals surface area contributed by atoms with Crippen LogP contribution in [0.1, 0.15) is 29.0 Å². The van der Waals surface area contributed by atoms with Gasteiger partial charge in [-0.1, -0.05) is 54.9 Å². The van der Waals surface area contributed by atoms with E-state index in [2.05, 4.69) is 20.3 Å². The molecule has 0 spiro atoms. The van der Waals surface area contributed by atoms with Crippen molar-refractivity contribution in [1.82, 2.24) is 20.3 Å². The molecule has 2 heterocycles. The summed E-state index contributed by atoms with van der Waals surface area (Å²) in [5.74, 6) is 0.222. The summed E-state index contributed by atoms with van der Waals surface area (Å²) in [7, 11) is 0. The monoisotopic (exact) mass is 352 g/mol. The molecule has 25 heavy (non-hydrogen) atoms.